The summed E-state index contributed by atoms with van der Waals surface area (Å²) < 4.78 is 0. The molecule has 0 saturated carbocycles. The predicted octanol–water partition coefficient (Wildman–Crippen LogP) is 2.93. The third-order valence-electron chi connectivity index (χ3n) is 2.60. The molecule has 0 spiro atoms. The number of anilines is 1. The van der Waals surface area contributed by atoms with Gasteiger partial charge in [-0.2, -0.15) is 0 Å². The van der Waals surface area contributed by atoms with Crippen LogP contribution in [-0.2, 0) is 0 Å². The fourth-order valence-electron chi connectivity index (χ4n) is 1.56. The summed E-state index contributed by atoms with van der Waals surface area (Å²) in [7, 11) is 0. The molecule has 3 nitrogen and oxygen atoms in total. The zero-order valence-corrected chi connectivity index (χ0v) is 10.0. The predicted molar refractivity (Wildman–Crippen MR) is 64.2 cm³/mol. The van der Waals surface area contributed by atoms with Crippen molar-refractivity contribution in [3.05, 3.63) is 18.6 Å². The van der Waals surface area contributed by atoms with Gasteiger partial charge in [0.05, 0.1) is 11.6 Å². The van der Waals surface area contributed by atoms with Gasteiger partial charge in [0.1, 0.15) is 5.82 Å². The molecule has 0 amide bonds. The quantitative estimate of drug-likeness (QED) is 0.760. The van der Waals surface area contributed by atoms with E-state index < -0.39 is 0 Å². The summed E-state index contributed by atoms with van der Waals surface area (Å²) in [6.45, 7) is 5.09. The van der Waals surface area contributed by atoms with Gasteiger partial charge in [-0.3, -0.25) is 4.98 Å². The van der Waals surface area contributed by atoms with Gasteiger partial charge in [-0.25, -0.2) is 4.98 Å². The highest BCUT2D eigenvalue weighted by Crippen LogP contribution is 2.18. The Balaban J connectivity index is 2.36. The van der Waals surface area contributed by atoms with Gasteiger partial charge in [0, 0.05) is 18.9 Å². The average molecular weight is 228 g/mol. The number of rotatable bonds is 6. The van der Waals surface area contributed by atoms with Crippen molar-refractivity contribution in [2.75, 3.05) is 11.9 Å². The molecule has 0 fully saturated rings. The molecule has 1 heterocycles. The first kappa shape index (κ1) is 12.2. The van der Waals surface area contributed by atoms with E-state index in [1.165, 1.54) is 0 Å². The lowest BCUT2D eigenvalue weighted by atomic mass is 9.99. The monoisotopic (exact) mass is 227 g/mol. The molecule has 4 heteroatoms. The summed E-state index contributed by atoms with van der Waals surface area (Å²) >= 11 is 6.29. The Morgan fingerprint density at radius 3 is 2.60 bits per heavy atom. The molecule has 1 rings (SSSR count). The van der Waals surface area contributed by atoms with Crippen LogP contribution in [0.1, 0.15) is 26.7 Å². The number of nitrogens with one attached hydrogen (secondary N) is 1. The second kappa shape index (κ2) is 6.62. The SMILES string of the molecule is CCC(CC)C(Cl)CNc1cnccn1. The normalized spacial score (nSPS) is 12.8. The van der Waals surface area contributed by atoms with E-state index in [0.29, 0.717) is 5.92 Å². The maximum atomic E-state index is 6.29. The Kier molecular flexibility index (Phi) is 5.40. The average Bonchev–Trinajstić information content (AvgIpc) is 2.29. The van der Waals surface area contributed by atoms with Crippen molar-refractivity contribution in [2.24, 2.45) is 5.92 Å². The van der Waals surface area contributed by atoms with Crippen LogP contribution in [0.4, 0.5) is 5.82 Å². The first-order valence-electron chi connectivity index (χ1n) is 5.41. The minimum absolute atomic E-state index is 0.155. The summed E-state index contributed by atoms with van der Waals surface area (Å²) in [5, 5.41) is 3.34. The highest BCUT2D eigenvalue weighted by Gasteiger charge is 2.15. The van der Waals surface area contributed by atoms with Crippen LogP contribution < -0.4 is 5.32 Å². The van der Waals surface area contributed by atoms with E-state index in [0.717, 1.165) is 25.2 Å². The van der Waals surface area contributed by atoms with Gasteiger partial charge in [-0.1, -0.05) is 26.7 Å². The molecule has 1 unspecified atom stereocenters. The van der Waals surface area contributed by atoms with Gasteiger partial charge < -0.3 is 5.32 Å². The number of halogens is 1. The molecule has 0 saturated heterocycles. The van der Waals surface area contributed by atoms with Gasteiger partial charge in [-0.15, -0.1) is 11.6 Å². The number of hydrogen-bond donors (Lipinski definition) is 1. The van der Waals surface area contributed by atoms with Crippen LogP contribution in [-0.4, -0.2) is 21.9 Å². The molecule has 1 aromatic heterocycles. The van der Waals surface area contributed by atoms with Crippen molar-refractivity contribution in [3.63, 3.8) is 0 Å². The summed E-state index contributed by atoms with van der Waals surface area (Å²) in [6, 6.07) is 0. The highest BCUT2D eigenvalue weighted by molar-refractivity contribution is 6.21. The Morgan fingerprint density at radius 1 is 1.33 bits per heavy atom. The first-order valence-corrected chi connectivity index (χ1v) is 5.85. The molecule has 1 N–H and O–H groups in total. The van der Waals surface area contributed by atoms with Gasteiger partial charge in [0.15, 0.2) is 0 Å². The van der Waals surface area contributed by atoms with E-state index in [2.05, 4.69) is 29.1 Å². The van der Waals surface area contributed by atoms with Crippen LogP contribution in [0.25, 0.3) is 0 Å². The minimum atomic E-state index is 0.155. The molecule has 0 aliphatic carbocycles. The van der Waals surface area contributed by atoms with Crippen molar-refractivity contribution >= 4 is 17.4 Å². The van der Waals surface area contributed by atoms with Crippen LogP contribution in [0.5, 0.6) is 0 Å². The number of alkyl halides is 1. The third kappa shape index (κ3) is 4.04. The Morgan fingerprint density at radius 2 is 2.07 bits per heavy atom. The Bertz CT molecular complexity index is 262. The Labute approximate surface area is 96.3 Å². The smallest absolute Gasteiger partial charge is 0.144 e. The van der Waals surface area contributed by atoms with Crippen molar-refractivity contribution < 1.29 is 0 Å². The van der Waals surface area contributed by atoms with Crippen molar-refractivity contribution in [1.29, 1.82) is 0 Å². The standard InChI is InChI=1S/C11H18ClN3/c1-3-9(4-2)10(12)7-15-11-8-13-5-6-14-11/h5-6,8-10H,3-4,7H2,1-2H3,(H,14,15). The number of aromatic nitrogens is 2. The molecule has 0 radical (unpaired) electrons. The molecule has 0 aromatic carbocycles. The van der Waals surface area contributed by atoms with E-state index >= 15 is 0 Å². The fourth-order valence-corrected chi connectivity index (χ4v) is 1.99. The van der Waals surface area contributed by atoms with Gasteiger partial charge in [-0.05, 0) is 5.92 Å². The Hall–Kier alpha value is -0.830. The molecular weight excluding hydrogens is 210 g/mol. The summed E-state index contributed by atoms with van der Waals surface area (Å²) in [5.74, 6) is 1.35. The van der Waals surface area contributed by atoms with Crippen LogP contribution in [0.2, 0.25) is 0 Å². The maximum absolute atomic E-state index is 6.29. The minimum Gasteiger partial charge on any atom is -0.367 e. The zero-order chi connectivity index (χ0) is 11.1. The van der Waals surface area contributed by atoms with Crippen molar-refractivity contribution in [3.8, 4) is 0 Å². The van der Waals surface area contributed by atoms with Gasteiger partial charge >= 0.3 is 0 Å². The fraction of sp³-hybridized carbons (Fsp3) is 0.636. The van der Waals surface area contributed by atoms with Crippen molar-refractivity contribution in [1.82, 2.24) is 9.97 Å². The highest BCUT2D eigenvalue weighted by atomic mass is 35.5. The molecule has 0 aliphatic heterocycles. The second-order valence-corrected chi connectivity index (χ2v) is 4.12. The molecule has 1 aromatic rings. The van der Waals surface area contributed by atoms with Crippen LogP contribution >= 0.6 is 11.6 Å². The van der Waals surface area contributed by atoms with Gasteiger partial charge in [0.2, 0.25) is 0 Å². The zero-order valence-electron chi connectivity index (χ0n) is 9.28. The van der Waals surface area contributed by atoms with Gasteiger partial charge in [0.25, 0.3) is 0 Å². The van der Waals surface area contributed by atoms with E-state index in [1.807, 2.05) is 0 Å². The molecule has 0 aliphatic rings. The first-order chi connectivity index (χ1) is 7.27. The lowest BCUT2D eigenvalue weighted by Gasteiger charge is -2.19. The molecule has 15 heavy (non-hydrogen) atoms. The summed E-state index contributed by atoms with van der Waals surface area (Å²) in [6.07, 6.45) is 7.27. The summed E-state index contributed by atoms with van der Waals surface area (Å²) in [5.41, 5.74) is 0. The summed E-state index contributed by atoms with van der Waals surface area (Å²) in [4.78, 5) is 8.11. The molecule has 1 atom stereocenters. The van der Waals surface area contributed by atoms with E-state index in [1.54, 1.807) is 18.6 Å². The second-order valence-electron chi connectivity index (χ2n) is 3.56. The topological polar surface area (TPSA) is 37.8 Å². The number of nitrogens with zero attached hydrogens (tertiary/aromatic N) is 2. The van der Waals surface area contributed by atoms with E-state index in [-0.39, 0.29) is 5.38 Å². The largest absolute Gasteiger partial charge is 0.367 e. The number of hydrogen-bond acceptors (Lipinski definition) is 3. The third-order valence-corrected chi connectivity index (χ3v) is 3.11. The molecular formula is C11H18ClN3. The van der Waals surface area contributed by atoms with Crippen LogP contribution in [0.15, 0.2) is 18.6 Å². The van der Waals surface area contributed by atoms with Crippen molar-refractivity contribution in [2.45, 2.75) is 32.1 Å². The van der Waals surface area contributed by atoms with Crippen LogP contribution in [0, 0.1) is 5.92 Å². The molecule has 84 valence electrons. The lowest BCUT2D eigenvalue weighted by Crippen LogP contribution is -2.23. The van der Waals surface area contributed by atoms with E-state index in [4.69, 9.17) is 11.6 Å². The maximum Gasteiger partial charge on any atom is 0.144 e. The van der Waals surface area contributed by atoms with Crippen LogP contribution in [0.3, 0.4) is 0 Å². The molecule has 0 bridgehead atoms. The van der Waals surface area contributed by atoms with E-state index in [9.17, 15) is 0 Å². The lowest BCUT2D eigenvalue weighted by molar-refractivity contribution is 0.475.